The van der Waals surface area contributed by atoms with Gasteiger partial charge < -0.3 is 9.84 Å². The fourth-order valence-electron chi connectivity index (χ4n) is 1.77. The number of aliphatic carboxylic acids is 1. The Hall–Kier alpha value is -1.51. The van der Waals surface area contributed by atoms with Crippen molar-refractivity contribution in [1.82, 2.24) is 0 Å². The van der Waals surface area contributed by atoms with E-state index in [0.717, 1.165) is 17.7 Å². The number of hydrogen-bond donors (Lipinski definition) is 1. The molecule has 0 amide bonds. The zero-order valence-corrected chi connectivity index (χ0v) is 7.77. The smallest absolute Gasteiger partial charge is 0.303 e. The van der Waals surface area contributed by atoms with Crippen molar-refractivity contribution in [2.75, 3.05) is 6.61 Å². The molecule has 3 nitrogen and oxygen atoms in total. The molecule has 0 unspecified atom stereocenters. The lowest BCUT2D eigenvalue weighted by Crippen LogP contribution is -2.23. The van der Waals surface area contributed by atoms with Crippen LogP contribution in [0, 0.1) is 5.92 Å². The minimum Gasteiger partial charge on any atom is -0.493 e. The predicted octanol–water partition coefficient (Wildman–Crippen LogP) is 1.71. The summed E-state index contributed by atoms with van der Waals surface area (Å²) in [4.78, 5) is 10.5. The second kappa shape index (κ2) is 3.70. The molecule has 1 heterocycles. The van der Waals surface area contributed by atoms with Crippen molar-refractivity contribution < 1.29 is 14.6 Å². The van der Waals surface area contributed by atoms with Crippen LogP contribution in [0.15, 0.2) is 24.3 Å². The summed E-state index contributed by atoms with van der Waals surface area (Å²) in [5, 5.41) is 8.66. The summed E-state index contributed by atoms with van der Waals surface area (Å²) in [6.07, 6.45) is 0.997. The van der Waals surface area contributed by atoms with Gasteiger partial charge in [0.05, 0.1) is 13.0 Å². The zero-order valence-electron chi connectivity index (χ0n) is 7.77. The van der Waals surface area contributed by atoms with E-state index >= 15 is 0 Å². The minimum atomic E-state index is -0.752. The summed E-state index contributed by atoms with van der Waals surface area (Å²) in [7, 11) is 0. The average Bonchev–Trinajstić information content (AvgIpc) is 2.17. The largest absolute Gasteiger partial charge is 0.493 e. The molecular weight excluding hydrogens is 180 g/mol. The summed E-state index contributed by atoms with van der Waals surface area (Å²) >= 11 is 0. The molecule has 0 saturated carbocycles. The van der Waals surface area contributed by atoms with Crippen molar-refractivity contribution >= 4 is 5.97 Å². The molecule has 1 aromatic rings. The molecule has 0 aromatic heterocycles. The number of carboxylic acid groups (broad SMARTS) is 1. The molecule has 0 spiro atoms. The average molecular weight is 192 g/mol. The first-order valence-electron chi connectivity index (χ1n) is 4.68. The highest BCUT2D eigenvalue weighted by atomic mass is 16.5. The van der Waals surface area contributed by atoms with E-state index in [1.807, 2.05) is 24.3 Å². The highest BCUT2D eigenvalue weighted by Crippen LogP contribution is 2.27. The van der Waals surface area contributed by atoms with Crippen LogP contribution in [0.5, 0.6) is 5.75 Å². The van der Waals surface area contributed by atoms with Gasteiger partial charge in [-0.15, -0.1) is 0 Å². The number of hydrogen-bond acceptors (Lipinski definition) is 2. The third kappa shape index (κ3) is 1.87. The van der Waals surface area contributed by atoms with Crippen molar-refractivity contribution in [1.29, 1.82) is 0 Å². The van der Waals surface area contributed by atoms with E-state index < -0.39 is 5.97 Å². The highest BCUT2D eigenvalue weighted by molar-refractivity contribution is 5.67. The molecule has 1 N–H and O–H groups in total. The second-order valence-corrected chi connectivity index (χ2v) is 3.59. The summed E-state index contributed by atoms with van der Waals surface area (Å²) < 4.78 is 5.47. The molecule has 1 aliphatic heterocycles. The normalized spacial score (nSPS) is 19.6. The number of rotatable bonds is 2. The molecule has 1 atom stereocenters. The van der Waals surface area contributed by atoms with Gasteiger partial charge >= 0.3 is 5.97 Å². The van der Waals surface area contributed by atoms with Gasteiger partial charge in [0.15, 0.2) is 0 Å². The van der Waals surface area contributed by atoms with Crippen molar-refractivity contribution in [3.05, 3.63) is 29.8 Å². The van der Waals surface area contributed by atoms with Crippen LogP contribution in [-0.2, 0) is 11.2 Å². The maximum Gasteiger partial charge on any atom is 0.303 e. The van der Waals surface area contributed by atoms with Gasteiger partial charge in [-0.2, -0.15) is 0 Å². The molecule has 1 aliphatic rings. The van der Waals surface area contributed by atoms with Gasteiger partial charge in [-0.3, -0.25) is 4.79 Å². The molecule has 0 aliphatic carbocycles. The van der Waals surface area contributed by atoms with E-state index in [9.17, 15) is 4.79 Å². The van der Waals surface area contributed by atoms with E-state index in [2.05, 4.69) is 0 Å². The summed E-state index contributed by atoms with van der Waals surface area (Å²) in [5.41, 5.74) is 1.12. The molecule has 2 rings (SSSR count). The Morgan fingerprint density at radius 1 is 1.50 bits per heavy atom. The Kier molecular flexibility index (Phi) is 2.39. The van der Waals surface area contributed by atoms with Gasteiger partial charge in [-0.25, -0.2) is 0 Å². The second-order valence-electron chi connectivity index (χ2n) is 3.59. The lowest BCUT2D eigenvalue weighted by molar-refractivity contribution is -0.138. The van der Waals surface area contributed by atoms with Gasteiger partial charge in [0, 0.05) is 5.92 Å². The Labute approximate surface area is 82.3 Å². The molecular formula is C11H12O3. The third-order valence-corrected chi connectivity index (χ3v) is 2.42. The number of benzene rings is 1. The van der Waals surface area contributed by atoms with Gasteiger partial charge in [0.1, 0.15) is 5.75 Å². The third-order valence-electron chi connectivity index (χ3n) is 2.42. The van der Waals surface area contributed by atoms with Crippen LogP contribution in [0.25, 0.3) is 0 Å². The number of carboxylic acids is 1. The van der Waals surface area contributed by atoms with E-state index in [-0.39, 0.29) is 12.3 Å². The number of fused-ring (bicyclic) bond motifs is 1. The van der Waals surface area contributed by atoms with Crippen LogP contribution in [0.1, 0.15) is 12.0 Å². The number of para-hydroxylation sites is 1. The standard InChI is InChI=1S/C11H12O3/c12-11(13)6-8-5-9-3-1-2-4-10(9)14-7-8/h1-4,8H,5-7H2,(H,12,13)/t8-/m0/s1. The topological polar surface area (TPSA) is 46.5 Å². The highest BCUT2D eigenvalue weighted by Gasteiger charge is 2.21. The van der Waals surface area contributed by atoms with Crippen LogP contribution in [-0.4, -0.2) is 17.7 Å². The molecule has 0 bridgehead atoms. The van der Waals surface area contributed by atoms with Crippen molar-refractivity contribution in [2.45, 2.75) is 12.8 Å². The van der Waals surface area contributed by atoms with Gasteiger partial charge in [-0.1, -0.05) is 18.2 Å². The fourth-order valence-corrected chi connectivity index (χ4v) is 1.77. The molecule has 0 radical (unpaired) electrons. The number of carbonyl (C=O) groups is 1. The van der Waals surface area contributed by atoms with E-state index in [1.165, 1.54) is 0 Å². The minimum absolute atomic E-state index is 0.113. The van der Waals surface area contributed by atoms with Gasteiger partial charge in [-0.05, 0) is 18.1 Å². The van der Waals surface area contributed by atoms with Crippen LogP contribution in [0.4, 0.5) is 0 Å². The zero-order chi connectivity index (χ0) is 9.97. The summed E-state index contributed by atoms with van der Waals surface area (Å²) in [5.74, 6) is 0.259. The van der Waals surface area contributed by atoms with E-state index in [4.69, 9.17) is 9.84 Å². The van der Waals surface area contributed by atoms with Crippen molar-refractivity contribution in [3.63, 3.8) is 0 Å². The first kappa shape index (κ1) is 9.06. The Balaban J connectivity index is 2.09. The first-order valence-corrected chi connectivity index (χ1v) is 4.68. The van der Waals surface area contributed by atoms with Crippen LogP contribution in [0.2, 0.25) is 0 Å². The molecule has 0 saturated heterocycles. The number of ether oxygens (including phenoxy) is 1. The predicted molar refractivity (Wildman–Crippen MR) is 51.4 cm³/mol. The van der Waals surface area contributed by atoms with Crippen LogP contribution < -0.4 is 4.74 Å². The van der Waals surface area contributed by atoms with Crippen molar-refractivity contribution in [3.8, 4) is 5.75 Å². The van der Waals surface area contributed by atoms with E-state index in [1.54, 1.807) is 0 Å². The van der Waals surface area contributed by atoms with Crippen LogP contribution in [0.3, 0.4) is 0 Å². The molecule has 0 fully saturated rings. The molecule has 1 aromatic carbocycles. The molecule has 3 heteroatoms. The fraction of sp³-hybridized carbons (Fsp3) is 0.364. The molecule has 74 valence electrons. The SMILES string of the molecule is O=C(O)C[C@H]1COc2ccccc2C1. The molecule has 14 heavy (non-hydrogen) atoms. The lowest BCUT2D eigenvalue weighted by Gasteiger charge is -2.23. The Morgan fingerprint density at radius 3 is 3.07 bits per heavy atom. The van der Waals surface area contributed by atoms with Gasteiger partial charge in [0.2, 0.25) is 0 Å². The quantitative estimate of drug-likeness (QED) is 0.775. The maximum atomic E-state index is 10.5. The maximum absolute atomic E-state index is 10.5. The summed E-state index contributed by atoms with van der Waals surface area (Å²) in [6, 6.07) is 7.79. The first-order chi connectivity index (χ1) is 6.75. The van der Waals surface area contributed by atoms with E-state index in [0.29, 0.717) is 6.61 Å². The monoisotopic (exact) mass is 192 g/mol. The lowest BCUT2D eigenvalue weighted by atomic mass is 9.94. The Bertz CT molecular complexity index is 346. The van der Waals surface area contributed by atoms with Crippen molar-refractivity contribution in [2.24, 2.45) is 5.92 Å². The summed E-state index contributed by atoms with van der Waals surface area (Å²) in [6.45, 7) is 0.517. The Morgan fingerprint density at radius 2 is 2.29 bits per heavy atom. The van der Waals surface area contributed by atoms with Gasteiger partial charge in [0.25, 0.3) is 0 Å². The van der Waals surface area contributed by atoms with Crippen LogP contribution >= 0.6 is 0 Å².